The van der Waals surface area contributed by atoms with E-state index in [9.17, 15) is 18.0 Å². The zero-order chi connectivity index (χ0) is 14.3. The smallest absolute Gasteiger partial charge is 0.370 e. The summed E-state index contributed by atoms with van der Waals surface area (Å²) in [5.74, 6) is 0.250. The van der Waals surface area contributed by atoms with Crippen LogP contribution < -0.4 is 10.6 Å². The second-order valence-electron chi connectivity index (χ2n) is 5.00. The minimum absolute atomic E-state index is 0.116. The van der Waals surface area contributed by atoms with Gasteiger partial charge in [0.2, 0.25) is 5.91 Å². The van der Waals surface area contributed by atoms with Gasteiger partial charge in [-0.3, -0.25) is 4.79 Å². The molecule has 4 nitrogen and oxygen atoms in total. The molecule has 1 aliphatic rings. The molecule has 1 fully saturated rings. The standard InChI is InChI=1S/C12H21F3N2O2/c1-9(7-19-8-12(13,14)15)17-11(18)6-10-2-4-16-5-3-10/h9-10,16H,2-8H2,1H3,(H,17,18)/t9-/m1/s1. The van der Waals surface area contributed by atoms with E-state index in [4.69, 9.17) is 0 Å². The molecule has 7 heteroatoms. The first-order valence-electron chi connectivity index (χ1n) is 6.51. The number of ether oxygens (including phenoxy) is 1. The third kappa shape index (κ3) is 8.05. The molecule has 0 aromatic rings. The van der Waals surface area contributed by atoms with Crippen molar-refractivity contribution in [2.75, 3.05) is 26.3 Å². The molecule has 0 spiro atoms. The average Bonchev–Trinajstić information content (AvgIpc) is 2.28. The molecule has 0 radical (unpaired) electrons. The lowest BCUT2D eigenvalue weighted by Crippen LogP contribution is -2.39. The maximum absolute atomic E-state index is 11.9. The van der Waals surface area contributed by atoms with Crippen molar-refractivity contribution in [1.82, 2.24) is 10.6 Å². The molecule has 0 aromatic carbocycles. The summed E-state index contributed by atoms with van der Waals surface area (Å²) in [6, 6.07) is -0.406. The highest BCUT2D eigenvalue weighted by Gasteiger charge is 2.27. The maximum Gasteiger partial charge on any atom is 0.411 e. The van der Waals surface area contributed by atoms with Crippen LogP contribution in [0.2, 0.25) is 0 Å². The van der Waals surface area contributed by atoms with Gasteiger partial charge < -0.3 is 15.4 Å². The minimum atomic E-state index is -4.32. The summed E-state index contributed by atoms with van der Waals surface area (Å²) in [5.41, 5.74) is 0. The Bertz CT molecular complexity index is 279. The zero-order valence-electron chi connectivity index (χ0n) is 11.1. The van der Waals surface area contributed by atoms with E-state index in [0.29, 0.717) is 12.3 Å². The monoisotopic (exact) mass is 282 g/mol. The molecule has 1 saturated heterocycles. The van der Waals surface area contributed by atoms with E-state index in [-0.39, 0.29) is 12.5 Å². The molecule has 1 aliphatic heterocycles. The topological polar surface area (TPSA) is 50.4 Å². The number of hydrogen-bond donors (Lipinski definition) is 2. The van der Waals surface area contributed by atoms with Crippen LogP contribution >= 0.6 is 0 Å². The first-order valence-corrected chi connectivity index (χ1v) is 6.51. The van der Waals surface area contributed by atoms with E-state index >= 15 is 0 Å². The molecule has 1 atom stereocenters. The molecular weight excluding hydrogens is 261 g/mol. The Labute approximate surface area is 111 Å². The number of carbonyl (C=O) groups excluding carboxylic acids is 1. The molecule has 0 aromatic heterocycles. The molecule has 1 rings (SSSR count). The van der Waals surface area contributed by atoms with Crippen molar-refractivity contribution in [2.45, 2.75) is 38.4 Å². The zero-order valence-corrected chi connectivity index (χ0v) is 11.1. The lowest BCUT2D eigenvalue weighted by Gasteiger charge is -2.23. The van der Waals surface area contributed by atoms with E-state index in [0.717, 1.165) is 25.9 Å². The van der Waals surface area contributed by atoms with Gasteiger partial charge in [-0.15, -0.1) is 0 Å². The van der Waals surface area contributed by atoms with Gasteiger partial charge in [-0.2, -0.15) is 13.2 Å². The van der Waals surface area contributed by atoms with Crippen molar-refractivity contribution in [1.29, 1.82) is 0 Å². The highest BCUT2D eigenvalue weighted by atomic mass is 19.4. The molecular formula is C12H21F3N2O2. The molecule has 0 saturated carbocycles. The Hall–Kier alpha value is -0.820. The first kappa shape index (κ1) is 16.2. The van der Waals surface area contributed by atoms with E-state index < -0.39 is 18.8 Å². The number of amides is 1. The number of hydrogen-bond acceptors (Lipinski definition) is 3. The number of piperidine rings is 1. The van der Waals surface area contributed by atoms with Gasteiger partial charge >= 0.3 is 6.18 Å². The van der Waals surface area contributed by atoms with Crippen LogP contribution in [0.25, 0.3) is 0 Å². The fourth-order valence-corrected chi connectivity index (χ4v) is 2.07. The largest absolute Gasteiger partial charge is 0.411 e. The Morgan fingerprint density at radius 2 is 2.05 bits per heavy atom. The molecule has 19 heavy (non-hydrogen) atoms. The Morgan fingerprint density at radius 1 is 1.42 bits per heavy atom. The first-order chi connectivity index (χ1) is 8.87. The van der Waals surface area contributed by atoms with Crippen molar-refractivity contribution < 1.29 is 22.7 Å². The van der Waals surface area contributed by atoms with Gasteiger partial charge in [-0.05, 0) is 38.8 Å². The van der Waals surface area contributed by atoms with Crippen LogP contribution in [0.15, 0.2) is 0 Å². The van der Waals surface area contributed by atoms with Crippen molar-refractivity contribution >= 4 is 5.91 Å². The molecule has 0 unspecified atom stereocenters. The van der Waals surface area contributed by atoms with Gasteiger partial charge in [0.05, 0.1) is 6.61 Å². The number of alkyl halides is 3. The fraction of sp³-hybridized carbons (Fsp3) is 0.917. The van der Waals surface area contributed by atoms with Gasteiger partial charge in [-0.1, -0.05) is 0 Å². The third-order valence-electron chi connectivity index (χ3n) is 2.97. The number of rotatable bonds is 6. The molecule has 1 amide bonds. The maximum atomic E-state index is 11.9. The summed E-state index contributed by atoms with van der Waals surface area (Å²) in [6.45, 7) is 2.07. The Kier molecular flexibility index (Phi) is 6.57. The highest BCUT2D eigenvalue weighted by Crippen LogP contribution is 2.16. The number of halogens is 3. The van der Waals surface area contributed by atoms with Crippen LogP contribution in [0.3, 0.4) is 0 Å². The average molecular weight is 282 g/mol. The third-order valence-corrected chi connectivity index (χ3v) is 2.97. The van der Waals surface area contributed by atoms with Crippen molar-refractivity contribution in [3.05, 3.63) is 0 Å². The van der Waals surface area contributed by atoms with Crippen LogP contribution in [0, 0.1) is 5.92 Å². The second-order valence-corrected chi connectivity index (χ2v) is 5.00. The predicted molar refractivity (Wildman–Crippen MR) is 64.7 cm³/mol. The van der Waals surface area contributed by atoms with Crippen molar-refractivity contribution in [2.24, 2.45) is 5.92 Å². The van der Waals surface area contributed by atoms with Crippen LogP contribution in [-0.2, 0) is 9.53 Å². The SMILES string of the molecule is C[C@H](COCC(F)(F)F)NC(=O)CC1CCNCC1. The summed E-state index contributed by atoms with van der Waals surface area (Å²) in [4.78, 5) is 11.7. The Morgan fingerprint density at radius 3 is 2.63 bits per heavy atom. The van der Waals surface area contributed by atoms with Gasteiger partial charge in [0.25, 0.3) is 0 Å². The predicted octanol–water partition coefficient (Wildman–Crippen LogP) is 1.46. The van der Waals surface area contributed by atoms with Gasteiger partial charge in [0.15, 0.2) is 0 Å². The minimum Gasteiger partial charge on any atom is -0.370 e. The summed E-state index contributed by atoms with van der Waals surface area (Å²) in [6.07, 6.45) is -1.96. The van der Waals surface area contributed by atoms with Gasteiger partial charge in [-0.25, -0.2) is 0 Å². The van der Waals surface area contributed by atoms with E-state index in [1.54, 1.807) is 6.92 Å². The number of carbonyl (C=O) groups is 1. The van der Waals surface area contributed by atoms with E-state index in [2.05, 4.69) is 15.4 Å². The van der Waals surface area contributed by atoms with Crippen LogP contribution in [0.5, 0.6) is 0 Å². The van der Waals surface area contributed by atoms with Crippen LogP contribution in [0.1, 0.15) is 26.2 Å². The number of nitrogens with one attached hydrogen (secondary N) is 2. The van der Waals surface area contributed by atoms with Crippen LogP contribution in [0.4, 0.5) is 13.2 Å². The lowest BCUT2D eigenvalue weighted by molar-refractivity contribution is -0.175. The summed E-state index contributed by atoms with van der Waals surface area (Å²) in [7, 11) is 0. The Balaban J connectivity index is 2.13. The quantitative estimate of drug-likeness (QED) is 0.775. The molecule has 2 N–H and O–H groups in total. The van der Waals surface area contributed by atoms with E-state index in [1.165, 1.54) is 0 Å². The van der Waals surface area contributed by atoms with Gasteiger partial charge in [0.1, 0.15) is 6.61 Å². The summed E-state index contributed by atoms with van der Waals surface area (Å²) in [5, 5.41) is 5.87. The lowest BCUT2D eigenvalue weighted by atomic mass is 9.94. The molecule has 0 bridgehead atoms. The van der Waals surface area contributed by atoms with Crippen LogP contribution in [-0.4, -0.2) is 44.4 Å². The van der Waals surface area contributed by atoms with Gasteiger partial charge in [0, 0.05) is 12.5 Å². The normalized spacial score (nSPS) is 19.2. The second kappa shape index (κ2) is 7.69. The highest BCUT2D eigenvalue weighted by molar-refractivity contribution is 5.76. The summed E-state index contributed by atoms with van der Waals surface area (Å²) >= 11 is 0. The van der Waals surface area contributed by atoms with E-state index in [1.807, 2.05) is 0 Å². The molecule has 1 heterocycles. The fourth-order valence-electron chi connectivity index (χ4n) is 2.07. The van der Waals surface area contributed by atoms with Crippen molar-refractivity contribution in [3.63, 3.8) is 0 Å². The molecule has 0 aliphatic carbocycles. The molecule has 112 valence electrons. The summed E-state index contributed by atoms with van der Waals surface area (Å²) < 4.78 is 40.1. The van der Waals surface area contributed by atoms with Crippen molar-refractivity contribution in [3.8, 4) is 0 Å².